The number of nitrogens with zero attached hydrogens (tertiary/aromatic N) is 1. The fraction of sp³-hybridized carbons (Fsp3) is 0.167. The monoisotopic (exact) mass is 296 g/mol. The summed E-state index contributed by atoms with van der Waals surface area (Å²) in [7, 11) is -3.82. The van der Waals surface area contributed by atoms with Crippen LogP contribution in [0.1, 0.15) is 21.7 Å². The minimum Gasteiger partial charge on any atom is -0.478 e. The standard InChI is InChI=1S/C12H12N2O5S/c1-8-10(12(15)16)3-2-4-11(8)20(17,18)14-7-9-5-6-13-19-9/h2-6,14H,7H2,1H3,(H,15,16). The molecule has 2 rings (SSSR count). The van der Waals surface area contributed by atoms with Gasteiger partial charge in [-0.25, -0.2) is 17.9 Å². The average molecular weight is 296 g/mol. The van der Waals surface area contributed by atoms with Crippen molar-refractivity contribution < 1.29 is 22.8 Å². The third-order valence-electron chi connectivity index (χ3n) is 2.73. The van der Waals surface area contributed by atoms with E-state index in [-0.39, 0.29) is 22.6 Å². The first-order valence-electron chi connectivity index (χ1n) is 5.64. The Bertz CT molecular complexity index is 722. The quantitative estimate of drug-likeness (QED) is 0.856. The molecule has 0 amide bonds. The van der Waals surface area contributed by atoms with Crippen molar-refractivity contribution in [1.29, 1.82) is 0 Å². The SMILES string of the molecule is Cc1c(C(=O)O)cccc1S(=O)(=O)NCc1ccno1. The molecule has 1 aromatic heterocycles. The van der Waals surface area contributed by atoms with Crippen LogP contribution in [-0.4, -0.2) is 24.7 Å². The lowest BCUT2D eigenvalue weighted by Crippen LogP contribution is -2.24. The first-order valence-corrected chi connectivity index (χ1v) is 7.12. The summed E-state index contributed by atoms with van der Waals surface area (Å²) >= 11 is 0. The first-order chi connectivity index (χ1) is 9.42. The Morgan fingerprint density at radius 1 is 1.40 bits per heavy atom. The van der Waals surface area contributed by atoms with Crippen LogP contribution in [0.3, 0.4) is 0 Å². The number of rotatable bonds is 5. The van der Waals surface area contributed by atoms with Gasteiger partial charge in [-0.15, -0.1) is 0 Å². The van der Waals surface area contributed by atoms with Gasteiger partial charge in [-0.2, -0.15) is 0 Å². The molecule has 2 aromatic rings. The summed E-state index contributed by atoms with van der Waals surface area (Å²) in [6.07, 6.45) is 1.40. The van der Waals surface area contributed by atoms with E-state index in [1.807, 2.05) is 0 Å². The maximum atomic E-state index is 12.2. The summed E-state index contributed by atoms with van der Waals surface area (Å²) in [4.78, 5) is 10.9. The van der Waals surface area contributed by atoms with Crippen molar-refractivity contribution in [2.45, 2.75) is 18.4 Å². The van der Waals surface area contributed by atoms with Crippen LogP contribution in [0.5, 0.6) is 0 Å². The molecule has 7 nitrogen and oxygen atoms in total. The number of benzene rings is 1. The molecule has 0 fully saturated rings. The zero-order valence-electron chi connectivity index (χ0n) is 10.5. The van der Waals surface area contributed by atoms with Gasteiger partial charge < -0.3 is 9.63 Å². The zero-order valence-corrected chi connectivity index (χ0v) is 11.3. The molecule has 0 aliphatic heterocycles. The van der Waals surface area contributed by atoms with Crippen LogP contribution >= 0.6 is 0 Å². The number of carboxylic acids is 1. The normalized spacial score (nSPS) is 11.4. The second-order valence-electron chi connectivity index (χ2n) is 4.04. The van der Waals surface area contributed by atoms with E-state index in [0.29, 0.717) is 5.76 Å². The molecule has 0 saturated heterocycles. The van der Waals surface area contributed by atoms with Crippen molar-refractivity contribution >= 4 is 16.0 Å². The Labute approximate surface area is 115 Å². The van der Waals surface area contributed by atoms with Gasteiger partial charge in [0, 0.05) is 6.07 Å². The van der Waals surface area contributed by atoms with Crippen LogP contribution < -0.4 is 4.72 Å². The van der Waals surface area contributed by atoms with Crippen molar-refractivity contribution in [1.82, 2.24) is 9.88 Å². The highest BCUT2D eigenvalue weighted by Gasteiger charge is 2.20. The molecule has 0 aliphatic rings. The van der Waals surface area contributed by atoms with E-state index in [1.165, 1.54) is 37.4 Å². The molecule has 0 saturated carbocycles. The predicted octanol–water partition coefficient (Wildman–Crippen LogP) is 1.16. The molecule has 0 aliphatic carbocycles. The number of aromatic nitrogens is 1. The molecule has 20 heavy (non-hydrogen) atoms. The molecule has 0 spiro atoms. The third kappa shape index (κ3) is 2.86. The predicted molar refractivity (Wildman–Crippen MR) is 68.7 cm³/mol. The smallest absolute Gasteiger partial charge is 0.335 e. The van der Waals surface area contributed by atoms with Gasteiger partial charge in [-0.3, -0.25) is 0 Å². The van der Waals surface area contributed by atoms with Gasteiger partial charge in [-0.05, 0) is 24.6 Å². The molecule has 1 heterocycles. The molecular weight excluding hydrogens is 284 g/mol. The van der Waals surface area contributed by atoms with Gasteiger partial charge >= 0.3 is 5.97 Å². The highest BCUT2D eigenvalue weighted by molar-refractivity contribution is 7.89. The second kappa shape index (κ2) is 5.43. The van der Waals surface area contributed by atoms with E-state index in [0.717, 1.165) is 0 Å². The highest BCUT2D eigenvalue weighted by Crippen LogP contribution is 2.19. The average Bonchev–Trinajstić information content (AvgIpc) is 2.89. The fourth-order valence-electron chi connectivity index (χ4n) is 1.71. The zero-order chi connectivity index (χ0) is 14.8. The summed E-state index contributed by atoms with van der Waals surface area (Å²) in [5.41, 5.74) is 0.137. The maximum Gasteiger partial charge on any atom is 0.335 e. The number of hydrogen-bond acceptors (Lipinski definition) is 5. The summed E-state index contributed by atoms with van der Waals surface area (Å²) in [6, 6.07) is 5.63. The van der Waals surface area contributed by atoms with E-state index in [4.69, 9.17) is 9.63 Å². The van der Waals surface area contributed by atoms with Gasteiger partial charge in [0.1, 0.15) is 0 Å². The molecule has 8 heteroatoms. The molecule has 106 valence electrons. The fourth-order valence-corrected chi connectivity index (χ4v) is 2.97. The number of aromatic carboxylic acids is 1. The highest BCUT2D eigenvalue weighted by atomic mass is 32.2. The Kier molecular flexibility index (Phi) is 3.86. The number of carbonyl (C=O) groups is 1. The molecule has 2 N–H and O–H groups in total. The Morgan fingerprint density at radius 3 is 2.75 bits per heavy atom. The maximum absolute atomic E-state index is 12.2. The molecule has 0 unspecified atom stereocenters. The van der Waals surface area contributed by atoms with E-state index in [9.17, 15) is 13.2 Å². The number of nitrogens with one attached hydrogen (secondary N) is 1. The number of carboxylic acid groups (broad SMARTS) is 1. The lowest BCUT2D eigenvalue weighted by molar-refractivity contribution is 0.0696. The van der Waals surface area contributed by atoms with E-state index >= 15 is 0 Å². The molecule has 0 bridgehead atoms. The third-order valence-corrected chi connectivity index (χ3v) is 4.28. The Balaban J connectivity index is 2.30. The van der Waals surface area contributed by atoms with Crippen LogP contribution in [0.15, 0.2) is 39.9 Å². The van der Waals surface area contributed by atoms with Gasteiger partial charge in [0.05, 0.1) is 23.2 Å². The summed E-state index contributed by atoms with van der Waals surface area (Å²) in [5, 5.41) is 12.5. The summed E-state index contributed by atoms with van der Waals surface area (Å²) in [5.74, 6) is -0.810. The second-order valence-corrected chi connectivity index (χ2v) is 5.77. The van der Waals surface area contributed by atoms with E-state index in [2.05, 4.69) is 9.88 Å². The Hall–Kier alpha value is -2.19. The summed E-state index contributed by atoms with van der Waals surface area (Å²) < 4.78 is 31.4. The lowest BCUT2D eigenvalue weighted by Gasteiger charge is -2.10. The Morgan fingerprint density at radius 2 is 2.15 bits per heavy atom. The van der Waals surface area contributed by atoms with Crippen LogP contribution in [0, 0.1) is 6.92 Å². The number of hydrogen-bond donors (Lipinski definition) is 2. The van der Waals surface area contributed by atoms with Crippen LogP contribution in [0.2, 0.25) is 0 Å². The molecular formula is C12H12N2O5S. The van der Waals surface area contributed by atoms with Crippen LogP contribution in [0.25, 0.3) is 0 Å². The van der Waals surface area contributed by atoms with Crippen molar-refractivity contribution in [3.63, 3.8) is 0 Å². The molecule has 0 radical (unpaired) electrons. The molecule has 1 aromatic carbocycles. The van der Waals surface area contributed by atoms with E-state index < -0.39 is 16.0 Å². The summed E-state index contributed by atoms with van der Waals surface area (Å²) in [6.45, 7) is 1.39. The van der Waals surface area contributed by atoms with Gasteiger partial charge in [0.25, 0.3) is 0 Å². The minimum absolute atomic E-state index is 0.0486. The van der Waals surface area contributed by atoms with Gasteiger partial charge in [-0.1, -0.05) is 11.2 Å². The van der Waals surface area contributed by atoms with Crippen molar-refractivity contribution in [3.8, 4) is 0 Å². The number of sulfonamides is 1. The topological polar surface area (TPSA) is 110 Å². The van der Waals surface area contributed by atoms with Crippen molar-refractivity contribution in [2.75, 3.05) is 0 Å². The minimum atomic E-state index is -3.82. The molecule has 0 atom stereocenters. The van der Waals surface area contributed by atoms with Crippen LogP contribution in [0.4, 0.5) is 0 Å². The lowest BCUT2D eigenvalue weighted by atomic mass is 10.1. The van der Waals surface area contributed by atoms with Gasteiger partial charge in [0.2, 0.25) is 10.0 Å². The largest absolute Gasteiger partial charge is 0.478 e. The van der Waals surface area contributed by atoms with E-state index in [1.54, 1.807) is 0 Å². The van der Waals surface area contributed by atoms with Gasteiger partial charge in [0.15, 0.2) is 5.76 Å². The first kappa shape index (κ1) is 14.2. The van der Waals surface area contributed by atoms with Crippen molar-refractivity contribution in [2.24, 2.45) is 0 Å². The van der Waals surface area contributed by atoms with Crippen molar-refractivity contribution in [3.05, 3.63) is 47.3 Å². The van der Waals surface area contributed by atoms with Crippen LogP contribution in [-0.2, 0) is 16.6 Å².